The maximum atomic E-state index is 8.61. The molecule has 2 heterocycles. The molecule has 0 amide bonds. The molecule has 0 bridgehead atoms. The van der Waals surface area contributed by atoms with Crippen LogP contribution in [-0.4, -0.2) is 33.0 Å². The molecule has 5 nitrogen and oxygen atoms in total. The zero-order chi connectivity index (χ0) is 9.80. The van der Waals surface area contributed by atoms with Crippen molar-refractivity contribution in [2.45, 2.75) is 0 Å². The fourth-order valence-electron chi connectivity index (χ4n) is 1.04. The lowest BCUT2D eigenvalue weighted by Crippen LogP contribution is -2.06. The quantitative estimate of drug-likeness (QED) is 0.781. The number of nitrogens with zero attached hydrogens (tertiary/aromatic N) is 3. The first-order valence-electron chi connectivity index (χ1n) is 4.20. The van der Waals surface area contributed by atoms with Crippen molar-refractivity contribution in [3.8, 4) is 5.13 Å². The lowest BCUT2D eigenvalue weighted by atomic mass is 10.6. The van der Waals surface area contributed by atoms with Crippen LogP contribution in [0.4, 0.5) is 5.82 Å². The number of hydrogen-bond acceptors (Lipinski definition) is 5. The molecule has 0 unspecified atom stereocenters. The highest BCUT2D eigenvalue weighted by Crippen LogP contribution is 2.12. The summed E-state index contributed by atoms with van der Waals surface area (Å²) in [4.78, 5) is 4.12. The predicted octanol–water partition coefficient (Wildman–Crippen LogP) is 0.733. The van der Waals surface area contributed by atoms with Crippen LogP contribution in [0, 0.1) is 0 Å². The molecule has 2 aromatic rings. The molecule has 2 rings (SSSR count). The molecule has 0 fully saturated rings. The first-order valence-corrected chi connectivity index (χ1v) is 5.08. The molecule has 0 aliphatic heterocycles. The van der Waals surface area contributed by atoms with Crippen LogP contribution in [0.25, 0.3) is 5.13 Å². The monoisotopic (exact) mass is 210 g/mol. The Balaban J connectivity index is 2.10. The van der Waals surface area contributed by atoms with Gasteiger partial charge < -0.3 is 10.4 Å². The number of aliphatic hydroxyl groups excluding tert-OH is 1. The molecule has 74 valence electrons. The largest absolute Gasteiger partial charge is 0.395 e. The predicted molar refractivity (Wildman–Crippen MR) is 54.8 cm³/mol. The molecule has 0 aromatic carbocycles. The third-order valence-electron chi connectivity index (χ3n) is 1.62. The van der Waals surface area contributed by atoms with E-state index < -0.39 is 0 Å². The van der Waals surface area contributed by atoms with E-state index >= 15 is 0 Å². The van der Waals surface area contributed by atoms with Gasteiger partial charge in [-0.25, -0.2) is 9.67 Å². The zero-order valence-electron chi connectivity index (χ0n) is 7.42. The Hall–Kier alpha value is -1.40. The van der Waals surface area contributed by atoms with Crippen molar-refractivity contribution in [2.24, 2.45) is 0 Å². The molecular weight excluding hydrogens is 200 g/mol. The average Bonchev–Trinajstić information content (AvgIpc) is 2.85. The summed E-state index contributed by atoms with van der Waals surface area (Å²) in [5, 5.41) is 18.6. The summed E-state index contributed by atoms with van der Waals surface area (Å²) in [7, 11) is 0. The Morgan fingerprint density at radius 3 is 3.21 bits per heavy atom. The van der Waals surface area contributed by atoms with Crippen molar-refractivity contribution in [3.05, 3.63) is 23.8 Å². The maximum Gasteiger partial charge on any atom is 0.210 e. The maximum absolute atomic E-state index is 8.61. The smallest absolute Gasteiger partial charge is 0.210 e. The zero-order valence-corrected chi connectivity index (χ0v) is 8.24. The van der Waals surface area contributed by atoms with Crippen LogP contribution in [0.15, 0.2) is 23.8 Å². The van der Waals surface area contributed by atoms with E-state index in [0.29, 0.717) is 6.54 Å². The fourth-order valence-corrected chi connectivity index (χ4v) is 1.61. The van der Waals surface area contributed by atoms with Crippen LogP contribution in [0.5, 0.6) is 0 Å². The molecule has 2 aromatic heterocycles. The van der Waals surface area contributed by atoms with Gasteiger partial charge >= 0.3 is 0 Å². The molecule has 0 saturated heterocycles. The van der Waals surface area contributed by atoms with Gasteiger partial charge in [0.25, 0.3) is 0 Å². The minimum absolute atomic E-state index is 0.101. The summed E-state index contributed by atoms with van der Waals surface area (Å²) in [6, 6.07) is 1.84. The second-order valence-corrected chi connectivity index (χ2v) is 3.48. The molecule has 6 heteroatoms. The minimum Gasteiger partial charge on any atom is -0.395 e. The Kier molecular flexibility index (Phi) is 2.76. The first-order chi connectivity index (χ1) is 6.90. The van der Waals surface area contributed by atoms with Crippen molar-refractivity contribution in [1.29, 1.82) is 0 Å². The normalized spacial score (nSPS) is 10.4. The van der Waals surface area contributed by atoms with Crippen molar-refractivity contribution >= 4 is 17.2 Å². The Labute approximate surface area is 85.0 Å². The second-order valence-electron chi connectivity index (χ2n) is 2.61. The Morgan fingerprint density at radius 2 is 2.50 bits per heavy atom. The lowest BCUT2D eigenvalue weighted by Gasteiger charge is -1.97. The van der Waals surface area contributed by atoms with E-state index in [4.69, 9.17) is 5.11 Å². The Morgan fingerprint density at radius 1 is 1.57 bits per heavy atom. The minimum atomic E-state index is 0.101. The highest BCUT2D eigenvalue weighted by atomic mass is 32.1. The fraction of sp³-hybridized carbons (Fsp3) is 0.250. The van der Waals surface area contributed by atoms with Gasteiger partial charge in [0.1, 0.15) is 5.82 Å². The third kappa shape index (κ3) is 1.91. The molecule has 0 spiro atoms. The van der Waals surface area contributed by atoms with Crippen LogP contribution in [0.3, 0.4) is 0 Å². The SMILES string of the molecule is OCCNc1ccn(-c2nccs2)n1. The van der Waals surface area contributed by atoms with E-state index in [1.807, 2.05) is 17.6 Å². The van der Waals surface area contributed by atoms with Crippen molar-refractivity contribution in [2.75, 3.05) is 18.5 Å². The molecule has 0 aliphatic rings. The van der Waals surface area contributed by atoms with Gasteiger partial charge in [0.05, 0.1) is 6.61 Å². The average molecular weight is 210 g/mol. The summed E-state index contributed by atoms with van der Waals surface area (Å²) in [6.45, 7) is 0.610. The topological polar surface area (TPSA) is 63.0 Å². The van der Waals surface area contributed by atoms with Gasteiger partial charge in [-0.1, -0.05) is 0 Å². The van der Waals surface area contributed by atoms with E-state index in [0.717, 1.165) is 10.9 Å². The van der Waals surface area contributed by atoms with Gasteiger partial charge in [-0.3, -0.25) is 0 Å². The third-order valence-corrected chi connectivity index (χ3v) is 2.38. The van der Waals surface area contributed by atoms with Gasteiger partial charge in [-0.2, -0.15) is 0 Å². The molecule has 2 N–H and O–H groups in total. The molecule has 14 heavy (non-hydrogen) atoms. The van der Waals surface area contributed by atoms with E-state index in [9.17, 15) is 0 Å². The van der Waals surface area contributed by atoms with Crippen LogP contribution in [-0.2, 0) is 0 Å². The molecule has 0 aliphatic carbocycles. The van der Waals surface area contributed by atoms with Gasteiger partial charge in [0, 0.05) is 30.4 Å². The highest BCUT2D eigenvalue weighted by molar-refractivity contribution is 7.12. The van der Waals surface area contributed by atoms with Gasteiger partial charge in [0.15, 0.2) is 0 Å². The summed E-state index contributed by atoms with van der Waals surface area (Å²) in [5.74, 6) is 0.745. The summed E-state index contributed by atoms with van der Waals surface area (Å²) >= 11 is 1.53. The van der Waals surface area contributed by atoms with E-state index in [-0.39, 0.29) is 6.61 Å². The van der Waals surface area contributed by atoms with Crippen LogP contribution in [0.2, 0.25) is 0 Å². The van der Waals surface area contributed by atoms with Crippen LogP contribution < -0.4 is 5.32 Å². The molecule has 0 saturated carbocycles. The molecule has 0 radical (unpaired) electrons. The number of aromatic nitrogens is 3. The second kappa shape index (κ2) is 4.21. The van der Waals surface area contributed by atoms with E-state index in [1.54, 1.807) is 10.9 Å². The molecular formula is C8H10N4OS. The standard InChI is InChI=1S/C8H10N4OS/c13-5-2-9-7-1-4-12(11-7)8-10-3-6-14-8/h1,3-4,6,13H,2,5H2,(H,9,11). The molecule has 0 atom stereocenters. The van der Waals surface area contributed by atoms with E-state index in [1.165, 1.54) is 11.3 Å². The summed E-state index contributed by atoms with van der Waals surface area (Å²) in [6.07, 6.45) is 3.57. The Bertz CT molecular complexity index is 384. The number of aliphatic hydroxyl groups is 1. The van der Waals surface area contributed by atoms with Crippen LogP contribution >= 0.6 is 11.3 Å². The number of thiazole rings is 1. The van der Waals surface area contributed by atoms with Crippen LogP contribution in [0.1, 0.15) is 0 Å². The lowest BCUT2D eigenvalue weighted by molar-refractivity contribution is 0.311. The van der Waals surface area contributed by atoms with Crippen molar-refractivity contribution in [3.63, 3.8) is 0 Å². The van der Waals surface area contributed by atoms with Crippen molar-refractivity contribution in [1.82, 2.24) is 14.8 Å². The van der Waals surface area contributed by atoms with Crippen molar-refractivity contribution < 1.29 is 5.11 Å². The van der Waals surface area contributed by atoms with Gasteiger partial charge in [0.2, 0.25) is 5.13 Å². The number of hydrogen-bond donors (Lipinski definition) is 2. The van der Waals surface area contributed by atoms with E-state index in [2.05, 4.69) is 15.4 Å². The number of anilines is 1. The number of nitrogens with one attached hydrogen (secondary N) is 1. The summed E-state index contributed by atoms with van der Waals surface area (Å²) < 4.78 is 1.70. The first kappa shape index (κ1) is 9.17. The highest BCUT2D eigenvalue weighted by Gasteiger charge is 2.01. The number of rotatable bonds is 4. The summed E-state index contributed by atoms with van der Waals surface area (Å²) in [5.41, 5.74) is 0. The van der Waals surface area contributed by atoms with Gasteiger partial charge in [-0.15, -0.1) is 16.4 Å². The van der Waals surface area contributed by atoms with Gasteiger partial charge in [-0.05, 0) is 0 Å².